The Morgan fingerprint density at radius 3 is 2.21 bits per heavy atom. The molecule has 1 aliphatic heterocycles. The molecule has 0 aromatic heterocycles. The molecule has 1 heterocycles. The minimum absolute atomic E-state index is 0.0279. The Labute approximate surface area is 114 Å². The van der Waals surface area contributed by atoms with E-state index in [1.54, 1.807) is 11.8 Å². The highest BCUT2D eigenvalue weighted by Crippen LogP contribution is 2.32. The van der Waals surface area contributed by atoms with Crippen molar-refractivity contribution in [3.8, 4) is 0 Å². The molecule has 0 aliphatic carbocycles. The number of likely N-dealkylation sites (tertiary alicyclic amines) is 1. The topological polar surface area (TPSA) is 99.2 Å². The maximum Gasteiger partial charge on any atom is 0.236 e. The Morgan fingerprint density at radius 2 is 1.84 bits per heavy atom. The molecule has 19 heavy (non-hydrogen) atoms. The number of rotatable bonds is 4. The zero-order valence-corrected chi connectivity index (χ0v) is 12.0. The fourth-order valence-electron chi connectivity index (χ4n) is 2.61. The monoisotopic (exact) mass is 271 g/mol. The minimum Gasteiger partial charge on any atom is -0.409 e. The van der Waals surface area contributed by atoms with Crippen LogP contribution in [0.15, 0.2) is 5.16 Å². The van der Waals surface area contributed by atoms with Gasteiger partial charge in [-0.1, -0.05) is 19.0 Å². The first-order valence-electron chi connectivity index (χ1n) is 6.82. The maximum absolute atomic E-state index is 12.7. The zero-order valence-electron chi connectivity index (χ0n) is 12.0. The number of oxime groups is 1. The second-order valence-electron chi connectivity index (χ2n) is 5.56. The molecule has 1 rings (SSSR count). The summed E-state index contributed by atoms with van der Waals surface area (Å²) in [6.07, 6.45) is 2.09. The molecule has 0 aromatic rings. The lowest BCUT2D eigenvalue weighted by atomic mass is 9.78. The van der Waals surface area contributed by atoms with Crippen molar-refractivity contribution in [2.24, 2.45) is 16.3 Å². The van der Waals surface area contributed by atoms with Crippen LogP contribution in [0.25, 0.3) is 0 Å². The number of amidine groups is 1. The fourth-order valence-corrected chi connectivity index (χ4v) is 2.61. The summed E-state index contributed by atoms with van der Waals surface area (Å²) in [5.74, 6) is -0.136. The number of carbonyl (C=O) groups is 1. The molecule has 6 heteroatoms. The number of hydrogen-bond donors (Lipinski definition) is 3. The first-order chi connectivity index (χ1) is 8.83. The van der Waals surface area contributed by atoms with Gasteiger partial charge in [0.25, 0.3) is 0 Å². The normalized spacial score (nSPS) is 20.4. The molecule has 6 nitrogen and oxygen atoms in total. The van der Waals surface area contributed by atoms with Gasteiger partial charge in [0.2, 0.25) is 5.91 Å². The molecule has 0 unspecified atom stereocenters. The SMILES string of the molecule is CCC(CC)(C(=O)N1CCC(C)(O)CC1)C(N)=NO. The molecular formula is C13H25N3O3. The van der Waals surface area contributed by atoms with E-state index in [2.05, 4.69) is 5.16 Å². The maximum atomic E-state index is 12.7. The zero-order chi connectivity index (χ0) is 14.7. The Balaban J connectivity index is 2.91. The summed E-state index contributed by atoms with van der Waals surface area (Å²) in [6, 6.07) is 0. The van der Waals surface area contributed by atoms with Crippen LogP contribution in [-0.2, 0) is 4.79 Å². The molecule has 1 fully saturated rings. The summed E-state index contributed by atoms with van der Waals surface area (Å²) in [4.78, 5) is 14.4. The van der Waals surface area contributed by atoms with E-state index in [0.29, 0.717) is 38.8 Å². The largest absolute Gasteiger partial charge is 0.409 e. The number of carbonyl (C=O) groups excluding carboxylic acids is 1. The van der Waals surface area contributed by atoms with Crippen LogP contribution in [-0.4, -0.2) is 45.6 Å². The fraction of sp³-hybridized carbons (Fsp3) is 0.846. The van der Waals surface area contributed by atoms with E-state index in [1.807, 2.05) is 13.8 Å². The third kappa shape index (κ3) is 3.00. The molecular weight excluding hydrogens is 246 g/mol. The van der Waals surface area contributed by atoms with Crippen LogP contribution in [0.2, 0.25) is 0 Å². The molecule has 0 saturated carbocycles. The Bertz CT molecular complexity index is 352. The highest BCUT2D eigenvalue weighted by atomic mass is 16.4. The lowest BCUT2D eigenvalue weighted by Gasteiger charge is -2.40. The first kappa shape index (κ1) is 15.8. The van der Waals surface area contributed by atoms with Gasteiger partial charge < -0.3 is 20.9 Å². The molecule has 0 bridgehead atoms. The Morgan fingerprint density at radius 1 is 1.37 bits per heavy atom. The summed E-state index contributed by atoms with van der Waals surface area (Å²) < 4.78 is 0. The van der Waals surface area contributed by atoms with Gasteiger partial charge in [0.15, 0.2) is 5.84 Å². The first-order valence-corrected chi connectivity index (χ1v) is 6.82. The molecule has 1 aliphatic rings. The van der Waals surface area contributed by atoms with Gasteiger partial charge in [-0.2, -0.15) is 0 Å². The Hall–Kier alpha value is -1.30. The van der Waals surface area contributed by atoms with Gasteiger partial charge in [0.05, 0.1) is 5.60 Å². The smallest absolute Gasteiger partial charge is 0.236 e. The van der Waals surface area contributed by atoms with Crippen molar-refractivity contribution in [2.45, 2.75) is 52.1 Å². The minimum atomic E-state index is -0.933. The van der Waals surface area contributed by atoms with Gasteiger partial charge >= 0.3 is 0 Å². The summed E-state index contributed by atoms with van der Waals surface area (Å²) >= 11 is 0. The van der Waals surface area contributed by atoms with Crippen LogP contribution in [0.5, 0.6) is 0 Å². The van der Waals surface area contributed by atoms with Crippen molar-refractivity contribution in [3.05, 3.63) is 0 Å². The Kier molecular flexibility index (Phi) is 4.79. The molecule has 0 atom stereocenters. The van der Waals surface area contributed by atoms with Crippen molar-refractivity contribution in [1.29, 1.82) is 0 Å². The molecule has 0 aromatic carbocycles. The summed E-state index contributed by atoms with van der Waals surface area (Å²) in [7, 11) is 0. The van der Waals surface area contributed by atoms with Gasteiger partial charge in [-0.05, 0) is 32.6 Å². The van der Waals surface area contributed by atoms with E-state index in [9.17, 15) is 9.90 Å². The van der Waals surface area contributed by atoms with Crippen LogP contribution < -0.4 is 5.73 Å². The number of amides is 1. The molecule has 0 radical (unpaired) electrons. The summed E-state index contributed by atoms with van der Waals surface area (Å²) in [6.45, 7) is 6.52. The van der Waals surface area contributed by atoms with Gasteiger partial charge in [-0.25, -0.2) is 0 Å². The molecule has 1 saturated heterocycles. The van der Waals surface area contributed by atoms with E-state index >= 15 is 0 Å². The van der Waals surface area contributed by atoms with Crippen LogP contribution >= 0.6 is 0 Å². The van der Waals surface area contributed by atoms with E-state index in [4.69, 9.17) is 10.9 Å². The van der Waals surface area contributed by atoms with Crippen LogP contribution in [0.4, 0.5) is 0 Å². The standard InChI is InChI=1S/C13H25N3O3/c1-4-13(5-2,10(14)15-19)11(17)16-8-6-12(3,18)7-9-16/h18-19H,4-9H2,1-3H3,(H2,14,15). The molecule has 1 amide bonds. The van der Waals surface area contributed by atoms with Gasteiger partial charge in [-0.3, -0.25) is 4.79 Å². The van der Waals surface area contributed by atoms with Crippen molar-refractivity contribution < 1.29 is 15.1 Å². The van der Waals surface area contributed by atoms with Gasteiger partial charge in [0.1, 0.15) is 5.41 Å². The molecule has 0 spiro atoms. The molecule has 110 valence electrons. The molecule has 4 N–H and O–H groups in total. The predicted octanol–water partition coefficient (Wildman–Crippen LogP) is 0.913. The number of hydrogen-bond acceptors (Lipinski definition) is 4. The highest BCUT2D eigenvalue weighted by Gasteiger charge is 2.44. The van der Waals surface area contributed by atoms with Gasteiger partial charge in [0, 0.05) is 13.1 Å². The third-order valence-electron chi connectivity index (χ3n) is 4.34. The third-order valence-corrected chi connectivity index (χ3v) is 4.34. The predicted molar refractivity (Wildman–Crippen MR) is 72.9 cm³/mol. The van der Waals surface area contributed by atoms with E-state index in [1.165, 1.54) is 0 Å². The van der Waals surface area contributed by atoms with E-state index in [0.717, 1.165) is 0 Å². The lowest BCUT2D eigenvalue weighted by molar-refractivity contribution is -0.142. The average molecular weight is 271 g/mol. The number of nitrogens with zero attached hydrogens (tertiary/aromatic N) is 2. The van der Waals surface area contributed by atoms with Crippen LogP contribution in [0.3, 0.4) is 0 Å². The second kappa shape index (κ2) is 5.77. The number of nitrogens with two attached hydrogens (primary N) is 1. The van der Waals surface area contributed by atoms with Crippen molar-refractivity contribution in [3.63, 3.8) is 0 Å². The number of aliphatic hydroxyl groups is 1. The quantitative estimate of drug-likeness (QED) is 0.306. The highest BCUT2D eigenvalue weighted by molar-refractivity contribution is 6.06. The summed E-state index contributed by atoms with van der Waals surface area (Å²) in [5.41, 5.74) is 4.10. The van der Waals surface area contributed by atoms with E-state index in [-0.39, 0.29) is 11.7 Å². The van der Waals surface area contributed by atoms with Crippen molar-refractivity contribution in [1.82, 2.24) is 4.90 Å². The summed E-state index contributed by atoms with van der Waals surface area (Å²) in [5, 5.41) is 21.9. The van der Waals surface area contributed by atoms with Crippen molar-refractivity contribution >= 4 is 11.7 Å². The average Bonchev–Trinajstić information content (AvgIpc) is 2.40. The second-order valence-corrected chi connectivity index (χ2v) is 5.56. The number of piperidine rings is 1. The van der Waals surface area contributed by atoms with Crippen LogP contribution in [0, 0.1) is 5.41 Å². The van der Waals surface area contributed by atoms with Crippen LogP contribution in [0.1, 0.15) is 46.5 Å². The van der Waals surface area contributed by atoms with Gasteiger partial charge in [-0.15, -0.1) is 0 Å². The van der Waals surface area contributed by atoms with Crippen molar-refractivity contribution in [2.75, 3.05) is 13.1 Å². The van der Waals surface area contributed by atoms with E-state index < -0.39 is 11.0 Å². The lowest BCUT2D eigenvalue weighted by Crippen LogP contribution is -2.54.